The second kappa shape index (κ2) is 12.2. The van der Waals surface area contributed by atoms with Crippen LogP contribution in [0.25, 0.3) is 0 Å². The Kier molecular flexibility index (Phi) is 8.79. The fourth-order valence-corrected chi connectivity index (χ4v) is 5.52. The van der Waals surface area contributed by atoms with E-state index in [1.54, 1.807) is 12.1 Å². The Labute approximate surface area is 220 Å². The Hall–Kier alpha value is -3.71. The Morgan fingerprint density at radius 1 is 1.16 bits per heavy atom. The van der Waals surface area contributed by atoms with Crippen LogP contribution in [0.15, 0.2) is 58.4 Å². The number of hydrogen-bond acceptors (Lipinski definition) is 8. The van der Waals surface area contributed by atoms with Crippen LogP contribution in [0.3, 0.4) is 0 Å². The molecule has 0 aliphatic carbocycles. The first-order chi connectivity index (χ1) is 18.2. The van der Waals surface area contributed by atoms with E-state index in [-0.39, 0.29) is 16.5 Å². The highest BCUT2D eigenvalue weighted by atomic mass is 32.2. The number of carbonyl (C=O) groups excluding carboxylic acids is 1. The van der Waals surface area contributed by atoms with Crippen molar-refractivity contribution in [3.05, 3.63) is 59.9 Å². The molecule has 0 spiro atoms. The SMILES string of the molecule is O=C(NC[C@H](NS(=O)(=O)c1ccccc1)C(=O)O)c1ccc(N2CCC(NC3=NCCCN3)CC2)cc1F. The molecule has 0 aromatic heterocycles. The fraction of sp³-hybridized carbons (Fsp3) is 0.400. The molecule has 2 aromatic rings. The number of carbonyl (C=O) groups is 2. The lowest BCUT2D eigenvalue weighted by Gasteiger charge is -2.35. The molecule has 1 atom stereocenters. The minimum Gasteiger partial charge on any atom is -0.480 e. The van der Waals surface area contributed by atoms with Gasteiger partial charge in [-0.15, -0.1) is 0 Å². The van der Waals surface area contributed by atoms with E-state index in [0.29, 0.717) is 18.8 Å². The van der Waals surface area contributed by atoms with Crippen molar-refractivity contribution in [1.82, 2.24) is 20.7 Å². The van der Waals surface area contributed by atoms with E-state index in [9.17, 15) is 27.5 Å². The van der Waals surface area contributed by atoms with Crippen LogP contribution in [0.4, 0.5) is 10.1 Å². The van der Waals surface area contributed by atoms with E-state index in [1.165, 1.54) is 36.4 Å². The van der Waals surface area contributed by atoms with Gasteiger partial charge >= 0.3 is 5.97 Å². The Morgan fingerprint density at radius 3 is 2.53 bits per heavy atom. The molecule has 5 N–H and O–H groups in total. The molecule has 0 saturated carbocycles. The molecule has 2 aliphatic heterocycles. The highest BCUT2D eigenvalue weighted by Gasteiger charge is 2.27. The number of rotatable bonds is 9. The summed E-state index contributed by atoms with van der Waals surface area (Å²) >= 11 is 0. The van der Waals surface area contributed by atoms with Crippen LogP contribution in [-0.2, 0) is 14.8 Å². The second-order valence-corrected chi connectivity index (χ2v) is 10.8. The number of halogens is 1. The molecule has 2 heterocycles. The number of carboxylic acids is 1. The minimum absolute atomic E-state index is 0.113. The van der Waals surface area contributed by atoms with Crippen molar-refractivity contribution in [3.8, 4) is 0 Å². The number of aliphatic imine (C=N–C) groups is 1. The van der Waals surface area contributed by atoms with Gasteiger partial charge in [0.2, 0.25) is 10.0 Å². The van der Waals surface area contributed by atoms with Gasteiger partial charge in [0.05, 0.1) is 10.5 Å². The number of carboxylic acid groups (broad SMARTS) is 1. The Balaban J connectivity index is 1.32. The van der Waals surface area contributed by atoms with Crippen molar-refractivity contribution in [3.63, 3.8) is 0 Å². The number of nitrogens with one attached hydrogen (secondary N) is 4. The fourth-order valence-electron chi connectivity index (χ4n) is 4.31. The first kappa shape index (κ1) is 27.3. The zero-order valence-corrected chi connectivity index (χ0v) is 21.5. The minimum atomic E-state index is -4.13. The molecule has 13 heteroatoms. The van der Waals surface area contributed by atoms with Crippen molar-refractivity contribution < 1.29 is 27.5 Å². The molecule has 4 rings (SSSR count). The third kappa shape index (κ3) is 6.98. The van der Waals surface area contributed by atoms with Gasteiger partial charge in [0.25, 0.3) is 5.91 Å². The van der Waals surface area contributed by atoms with Crippen molar-refractivity contribution >= 4 is 33.5 Å². The first-order valence-electron chi connectivity index (χ1n) is 12.4. The first-order valence-corrected chi connectivity index (χ1v) is 13.9. The molecular weight excluding hydrogens is 515 g/mol. The molecule has 204 valence electrons. The average Bonchev–Trinajstić information content (AvgIpc) is 2.92. The van der Waals surface area contributed by atoms with Gasteiger partial charge in [-0.1, -0.05) is 18.2 Å². The lowest BCUT2D eigenvalue weighted by atomic mass is 10.0. The normalized spacial score (nSPS) is 17.2. The molecule has 0 radical (unpaired) electrons. The van der Waals surface area contributed by atoms with Gasteiger partial charge in [0, 0.05) is 44.5 Å². The summed E-state index contributed by atoms with van der Waals surface area (Å²) in [5.74, 6) is -2.25. The van der Waals surface area contributed by atoms with E-state index < -0.39 is 40.3 Å². The average molecular weight is 547 g/mol. The summed E-state index contributed by atoms with van der Waals surface area (Å²) < 4.78 is 41.8. The lowest BCUT2D eigenvalue weighted by molar-refractivity contribution is -0.138. The summed E-state index contributed by atoms with van der Waals surface area (Å²) in [6.07, 6.45) is 2.72. The maximum atomic E-state index is 14.9. The molecule has 2 aliphatic rings. The van der Waals surface area contributed by atoms with Crippen LogP contribution >= 0.6 is 0 Å². The Morgan fingerprint density at radius 2 is 1.89 bits per heavy atom. The lowest BCUT2D eigenvalue weighted by Crippen LogP contribution is -2.50. The number of sulfonamides is 1. The van der Waals surface area contributed by atoms with Gasteiger partial charge in [-0.25, -0.2) is 12.8 Å². The number of hydrogen-bond donors (Lipinski definition) is 5. The summed E-state index contributed by atoms with van der Waals surface area (Å²) in [5.41, 5.74) is 0.381. The molecular formula is C25H31FN6O5S. The van der Waals surface area contributed by atoms with Crippen LogP contribution in [0, 0.1) is 5.82 Å². The summed E-state index contributed by atoms with van der Waals surface area (Å²) in [7, 11) is -4.13. The maximum absolute atomic E-state index is 14.9. The van der Waals surface area contributed by atoms with Gasteiger partial charge in [-0.3, -0.25) is 14.6 Å². The van der Waals surface area contributed by atoms with E-state index in [1.807, 2.05) is 4.90 Å². The van der Waals surface area contributed by atoms with Gasteiger partial charge < -0.3 is 26.0 Å². The summed E-state index contributed by atoms with van der Waals surface area (Å²) in [4.78, 5) is 30.6. The molecule has 1 fully saturated rings. The predicted octanol–water partition coefficient (Wildman–Crippen LogP) is 0.895. The van der Waals surface area contributed by atoms with Crippen molar-refractivity contribution in [2.24, 2.45) is 4.99 Å². The monoisotopic (exact) mass is 546 g/mol. The van der Waals surface area contributed by atoms with E-state index in [2.05, 4.69) is 25.7 Å². The molecule has 1 saturated heterocycles. The van der Waals surface area contributed by atoms with Gasteiger partial charge in [-0.05, 0) is 49.6 Å². The van der Waals surface area contributed by atoms with Gasteiger partial charge in [0.15, 0.2) is 5.96 Å². The third-order valence-electron chi connectivity index (χ3n) is 6.41. The quantitative estimate of drug-likeness (QED) is 0.311. The van der Waals surface area contributed by atoms with Crippen LogP contribution < -0.4 is 25.6 Å². The molecule has 0 unspecified atom stereocenters. The predicted molar refractivity (Wildman–Crippen MR) is 140 cm³/mol. The molecule has 0 bridgehead atoms. The standard InChI is InChI=1S/C25H31FN6O5S/c26-21-15-18(32-13-9-17(10-14-32)30-25-27-11-4-12-28-25)7-8-20(21)23(33)29-16-22(24(34)35)31-38(36,37)19-5-2-1-3-6-19/h1-3,5-8,15,17,22,31H,4,9-14,16H2,(H,29,33)(H,34,35)(H2,27,28,30)/t22-/m0/s1. The zero-order chi connectivity index (χ0) is 27.1. The van der Waals surface area contributed by atoms with E-state index in [4.69, 9.17) is 0 Å². The topological polar surface area (TPSA) is 152 Å². The smallest absolute Gasteiger partial charge is 0.323 e. The highest BCUT2D eigenvalue weighted by Crippen LogP contribution is 2.23. The van der Waals surface area contributed by atoms with Crippen molar-refractivity contribution in [1.29, 1.82) is 0 Å². The zero-order valence-electron chi connectivity index (χ0n) is 20.7. The number of benzene rings is 2. The van der Waals surface area contributed by atoms with E-state index >= 15 is 0 Å². The van der Waals surface area contributed by atoms with Crippen LogP contribution in [0.5, 0.6) is 0 Å². The number of nitrogens with zero attached hydrogens (tertiary/aromatic N) is 2. The number of guanidine groups is 1. The molecule has 2 aromatic carbocycles. The van der Waals surface area contributed by atoms with Crippen molar-refractivity contribution in [2.45, 2.75) is 36.2 Å². The van der Waals surface area contributed by atoms with Crippen LogP contribution in [0.2, 0.25) is 0 Å². The highest BCUT2D eigenvalue weighted by molar-refractivity contribution is 7.89. The van der Waals surface area contributed by atoms with Crippen LogP contribution in [0.1, 0.15) is 29.6 Å². The molecule has 1 amide bonds. The second-order valence-electron chi connectivity index (χ2n) is 9.12. The van der Waals surface area contributed by atoms with Gasteiger partial charge in [-0.2, -0.15) is 4.72 Å². The number of anilines is 1. The maximum Gasteiger partial charge on any atom is 0.323 e. The number of aliphatic carboxylic acids is 1. The summed E-state index contributed by atoms with van der Waals surface area (Å²) in [5, 5.41) is 18.4. The summed E-state index contributed by atoms with van der Waals surface area (Å²) in [6.45, 7) is 2.56. The number of amides is 1. The third-order valence-corrected chi connectivity index (χ3v) is 7.90. The summed E-state index contributed by atoms with van der Waals surface area (Å²) in [6, 6.07) is 10.2. The Bertz CT molecular complexity index is 1280. The number of piperidine rings is 1. The largest absolute Gasteiger partial charge is 0.480 e. The molecule has 38 heavy (non-hydrogen) atoms. The van der Waals surface area contributed by atoms with Crippen LogP contribution in [-0.4, -0.2) is 76.2 Å². The van der Waals surface area contributed by atoms with Gasteiger partial charge in [0.1, 0.15) is 11.9 Å². The molecule has 11 nitrogen and oxygen atoms in total. The van der Waals surface area contributed by atoms with E-state index in [0.717, 1.165) is 38.3 Å². The van der Waals surface area contributed by atoms with Crippen molar-refractivity contribution in [2.75, 3.05) is 37.6 Å².